The van der Waals surface area contributed by atoms with Crippen molar-refractivity contribution in [2.75, 3.05) is 5.32 Å². The predicted octanol–water partition coefficient (Wildman–Crippen LogP) is 0.0924. The Morgan fingerprint density at radius 3 is 2.22 bits per heavy atom. The molecule has 1 heterocycles. The number of aromatic nitrogens is 2. The van der Waals surface area contributed by atoms with E-state index in [0.29, 0.717) is 5.69 Å². The Balaban J connectivity index is 2.27. The smallest absolute Gasteiger partial charge is 0.276 e. The number of carboxylic acid groups (broad SMARTS) is 1. The first kappa shape index (κ1) is 11.7. The standard InChI is InChI=1S/C12H9N3O3/c16-11(15-8-4-2-1-3-5-8)9-10(12(17)18)14-7-6-13-9/h1-7H,(H,15,16)(H,17,18)/p-1. The summed E-state index contributed by atoms with van der Waals surface area (Å²) < 4.78 is 0. The zero-order chi connectivity index (χ0) is 13.0. The Labute approximate surface area is 102 Å². The average molecular weight is 242 g/mol. The van der Waals surface area contributed by atoms with E-state index in [2.05, 4.69) is 15.3 Å². The van der Waals surface area contributed by atoms with Crippen molar-refractivity contribution < 1.29 is 14.7 Å². The SMILES string of the molecule is O=C([O-])c1nccnc1C(=O)Nc1ccccc1. The molecule has 2 rings (SSSR count). The molecule has 1 aromatic heterocycles. The molecule has 6 nitrogen and oxygen atoms in total. The van der Waals surface area contributed by atoms with E-state index in [9.17, 15) is 14.7 Å². The zero-order valence-corrected chi connectivity index (χ0v) is 9.16. The highest BCUT2D eigenvalue weighted by Crippen LogP contribution is 2.08. The Hall–Kier alpha value is -2.76. The van der Waals surface area contributed by atoms with Gasteiger partial charge in [-0.25, -0.2) is 4.98 Å². The molecule has 1 amide bonds. The molecular formula is C12H8N3O3-. The Morgan fingerprint density at radius 1 is 1.00 bits per heavy atom. The maximum atomic E-state index is 11.8. The van der Waals surface area contributed by atoms with Gasteiger partial charge in [0.25, 0.3) is 5.91 Å². The van der Waals surface area contributed by atoms with Gasteiger partial charge in [0.05, 0.1) is 5.97 Å². The molecule has 0 aliphatic carbocycles. The minimum absolute atomic E-state index is 0.277. The lowest BCUT2D eigenvalue weighted by molar-refractivity contribution is -0.255. The number of hydrogen-bond acceptors (Lipinski definition) is 5. The van der Waals surface area contributed by atoms with E-state index in [1.165, 1.54) is 12.4 Å². The van der Waals surface area contributed by atoms with Gasteiger partial charge in [-0.05, 0) is 12.1 Å². The Bertz CT molecular complexity index is 584. The number of benzene rings is 1. The second-order valence-electron chi connectivity index (χ2n) is 3.36. The number of carboxylic acids is 1. The van der Waals surface area contributed by atoms with Crippen LogP contribution in [0.4, 0.5) is 5.69 Å². The molecule has 0 saturated heterocycles. The summed E-state index contributed by atoms with van der Waals surface area (Å²) in [6.07, 6.45) is 2.43. The molecular weight excluding hydrogens is 234 g/mol. The number of para-hydroxylation sites is 1. The van der Waals surface area contributed by atoms with Gasteiger partial charge < -0.3 is 15.2 Å². The largest absolute Gasteiger partial charge is 0.543 e. The average Bonchev–Trinajstić information content (AvgIpc) is 2.40. The van der Waals surface area contributed by atoms with Crippen molar-refractivity contribution in [1.82, 2.24) is 9.97 Å². The maximum absolute atomic E-state index is 11.8. The first-order valence-electron chi connectivity index (χ1n) is 5.07. The fourth-order valence-corrected chi connectivity index (χ4v) is 1.37. The Kier molecular flexibility index (Phi) is 3.29. The fraction of sp³-hybridized carbons (Fsp3) is 0. The van der Waals surface area contributed by atoms with Crippen molar-refractivity contribution in [2.45, 2.75) is 0 Å². The van der Waals surface area contributed by atoms with E-state index in [1.807, 2.05) is 0 Å². The molecule has 0 aliphatic heterocycles. The van der Waals surface area contributed by atoms with Crippen LogP contribution in [0.15, 0.2) is 42.7 Å². The van der Waals surface area contributed by atoms with Crippen LogP contribution in [0.3, 0.4) is 0 Å². The molecule has 0 fully saturated rings. The van der Waals surface area contributed by atoms with Crippen LogP contribution in [0.1, 0.15) is 21.0 Å². The van der Waals surface area contributed by atoms with Gasteiger partial charge in [-0.15, -0.1) is 0 Å². The van der Waals surface area contributed by atoms with Crippen LogP contribution in [0.25, 0.3) is 0 Å². The van der Waals surface area contributed by atoms with Gasteiger partial charge in [-0.2, -0.15) is 0 Å². The molecule has 0 radical (unpaired) electrons. The summed E-state index contributed by atoms with van der Waals surface area (Å²) in [6, 6.07) is 8.63. The summed E-state index contributed by atoms with van der Waals surface area (Å²) in [7, 11) is 0. The quantitative estimate of drug-likeness (QED) is 0.823. The van der Waals surface area contributed by atoms with Crippen LogP contribution < -0.4 is 10.4 Å². The molecule has 1 N–H and O–H groups in total. The van der Waals surface area contributed by atoms with E-state index in [0.717, 1.165) is 0 Å². The number of nitrogens with zero attached hydrogens (tertiary/aromatic N) is 2. The van der Waals surface area contributed by atoms with Crippen LogP contribution in [-0.4, -0.2) is 21.8 Å². The molecule has 0 atom stereocenters. The number of rotatable bonds is 3. The number of aromatic carboxylic acids is 1. The molecule has 0 saturated carbocycles. The molecule has 0 bridgehead atoms. The lowest BCUT2D eigenvalue weighted by Crippen LogP contribution is -2.28. The maximum Gasteiger partial charge on any atom is 0.276 e. The number of amides is 1. The second kappa shape index (κ2) is 5.05. The van der Waals surface area contributed by atoms with Crippen molar-refractivity contribution in [3.05, 3.63) is 54.1 Å². The molecule has 0 aliphatic rings. The van der Waals surface area contributed by atoms with Crippen molar-refractivity contribution in [2.24, 2.45) is 0 Å². The van der Waals surface area contributed by atoms with Crippen LogP contribution in [0.5, 0.6) is 0 Å². The minimum Gasteiger partial charge on any atom is -0.543 e. The minimum atomic E-state index is -1.54. The summed E-state index contributed by atoms with van der Waals surface area (Å²) in [6.45, 7) is 0. The zero-order valence-electron chi connectivity index (χ0n) is 9.16. The summed E-state index contributed by atoms with van der Waals surface area (Å²) in [5.41, 5.74) is -0.218. The van der Waals surface area contributed by atoms with E-state index >= 15 is 0 Å². The highest BCUT2D eigenvalue weighted by atomic mass is 16.4. The lowest BCUT2D eigenvalue weighted by atomic mass is 10.2. The van der Waals surface area contributed by atoms with E-state index in [1.54, 1.807) is 30.3 Å². The molecule has 18 heavy (non-hydrogen) atoms. The molecule has 90 valence electrons. The number of anilines is 1. The van der Waals surface area contributed by atoms with E-state index in [-0.39, 0.29) is 5.69 Å². The summed E-state index contributed by atoms with van der Waals surface area (Å²) in [4.78, 5) is 29.9. The topological polar surface area (TPSA) is 95.0 Å². The highest BCUT2D eigenvalue weighted by molar-refractivity contribution is 6.08. The monoisotopic (exact) mass is 242 g/mol. The van der Waals surface area contributed by atoms with Gasteiger partial charge in [-0.3, -0.25) is 9.78 Å². The summed E-state index contributed by atoms with van der Waals surface area (Å²) >= 11 is 0. The fourth-order valence-electron chi connectivity index (χ4n) is 1.37. The normalized spacial score (nSPS) is 9.78. The lowest BCUT2D eigenvalue weighted by Gasteiger charge is -2.08. The van der Waals surface area contributed by atoms with Gasteiger partial charge in [-0.1, -0.05) is 18.2 Å². The third kappa shape index (κ3) is 2.49. The van der Waals surface area contributed by atoms with Gasteiger partial charge in [0, 0.05) is 18.1 Å². The summed E-state index contributed by atoms with van der Waals surface area (Å²) in [5, 5.41) is 13.3. The summed E-state index contributed by atoms with van der Waals surface area (Å²) in [5.74, 6) is -2.19. The van der Waals surface area contributed by atoms with Crippen molar-refractivity contribution >= 4 is 17.6 Å². The molecule has 2 aromatic rings. The van der Waals surface area contributed by atoms with Crippen molar-refractivity contribution in [1.29, 1.82) is 0 Å². The van der Waals surface area contributed by atoms with E-state index < -0.39 is 17.6 Å². The third-order valence-corrected chi connectivity index (χ3v) is 2.14. The van der Waals surface area contributed by atoms with Crippen LogP contribution in [0, 0.1) is 0 Å². The molecule has 1 aromatic carbocycles. The number of nitrogens with one attached hydrogen (secondary N) is 1. The van der Waals surface area contributed by atoms with Gasteiger partial charge in [0.1, 0.15) is 5.69 Å². The highest BCUT2D eigenvalue weighted by Gasteiger charge is 2.14. The molecule has 6 heteroatoms. The molecule has 0 unspecified atom stereocenters. The van der Waals surface area contributed by atoms with Gasteiger partial charge >= 0.3 is 0 Å². The number of hydrogen-bond donors (Lipinski definition) is 1. The van der Waals surface area contributed by atoms with Crippen LogP contribution in [0.2, 0.25) is 0 Å². The molecule has 0 spiro atoms. The first-order chi connectivity index (χ1) is 8.68. The number of carbonyl (C=O) groups excluding carboxylic acids is 2. The predicted molar refractivity (Wildman–Crippen MR) is 60.8 cm³/mol. The van der Waals surface area contributed by atoms with Crippen LogP contribution in [-0.2, 0) is 0 Å². The first-order valence-corrected chi connectivity index (χ1v) is 5.07. The van der Waals surface area contributed by atoms with E-state index in [4.69, 9.17) is 0 Å². The van der Waals surface area contributed by atoms with Gasteiger partial charge in [0.15, 0.2) is 5.69 Å². The third-order valence-electron chi connectivity index (χ3n) is 2.14. The Morgan fingerprint density at radius 2 is 1.61 bits per heavy atom. The number of carbonyl (C=O) groups is 2. The van der Waals surface area contributed by atoms with Gasteiger partial charge in [0.2, 0.25) is 0 Å². The van der Waals surface area contributed by atoms with Crippen molar-refractivity contribution in [3.8, 4) is 0 Å². The van der Waals surface area contributed by atoms with Crippen LogP contribution >= 0.6 is 0 Å². The van der Waals surface area contributed by atoms with Crippen molar-refractivity contribution in [3.63, 3.8) is 0 Å². The second-order valence-corrected chi connectivity index (χ2v) is 3.36.